The Morgan fingerprint density at radius 3 is 2.95 bits per heavy atom. The fourth-order valence-corrected chi connectivity index (χ4v) is 4.12. The number of aromatic nitrogens is 9. The molecule has 196 valence electrons. The Morgan fingerprint density at radius 1 is 1.29 bits per heavy atom. The van der Waals surface area contributed by atoms with Crippen molar-refractivity contribution in [1.29, 1.82) is 0 Å². The number of thioether (sulfide) groups is 1. The summed E-state index contributed by atoms with van der Waals surface area (Å²) in [4.78, 5) is 19.6. The predicted molar refractivity (Wildman–Crippen MR) is 133 cm³/mol. The van der Waals surface area contributed by atoms with Gasteiger partial charge in [-0.3, -0.25) is 9.48 Å². The van der Waals surface area contributed by atoms with Crippen molar-refractivity contribution in [3.05, 3.63) is 60.4 Å². The summed E-state index contributed by atoms with van der Waals surface area (Å²) in [5, 5.41) is 23.7. The van der Waals surface area contributed by atoms with Crippen molar-refractivity contribution in [2.24, 2.45) is 5.73 Å². The van der Waals surface area contributed by atoms with Gasteiger partial charge in [0.15, 0.2) is 11.5 Å². The normalized spacial score (nSPS) is 11.4. The van der Waals surface area contributed by atoms with E-state index in [0.717, 1.165) is 4.90 Å². The summed E-state index contributed by atoms with van der Waals surface area (Å²) in [5.41, 5.74) is 6.84. The highest BCUT2D eigenvalue weighted by atomic mass is 32.2. The number of benzene rings is 1. The zero-order valence-corrected chi connectivity index (χ0v) is 20.7. The van der Waals surface area contributed by atoms with E-state index in [1.165, 1.54) is 38.0 Å². The fourth-order valence-electron chi connectivity index (χ4n) is 3.68. The van der Waals surface area contributed by atoms with Crippen LogP contribution in [0.15, 0.2) is 53.9 Å². The SMILES string of the molecule is CSc1ccc(OC(F)F)c(-c2nn(Cc3nnn(CCN)n3)cc2NC(=O)c2cnn3cccnc23)c1. The Morgan fingerprint density at radius 2 is 2.16 bits per heavy atom. The maximum Gasteiger partial charge on any atom is 0.387 e. The van der Waals surface area contributed by atoms with E-state index in [1.54, 1.807) is 36.8 Å². The maximum atomic E-state index is 13.3. The number of nitrogens with one attached hydrogen (secondary N) is 1. The van der Waals surface area contributed by atoms with Gasteiger partial charge in [-0.2, -0.15) is 23.8 Å². The van der Waals surface area contributed by atoms with Gasteiger partial charge in [-0.05, 0) is 35.7 Å². The smallest absolute Gasteiger partial charge is 0.387 e. The van der Waals surface area contributed by atoms with Crippen LogP contribution in [0.4, 0.5) is 14.5 Å². The molecule has 0 saturated carbocycles. The number of amides is 1. The third-order valence-electron chi connectivity index (χ3n) is 5.32. The average Bonchev–Trinajstić information content (AvgIpc) is 3.63. The van der Waals surface area contributed by atoms with Crippen molar-refractivity contribution in [3.63, 3.8) is 0 Å². The van der Waals surface area contributed by atoms with E-state index in [4.69, 9.17) is 10.5 Å². The van der Waals surface area contributed by atoms with Crippen molar-refractivity contribution >= 4 is 29.0 Å². The van der Waals surface area contributed by atoms with Gasteiger partial charge in [-0.15, -0.1) is 22.0 Å². The van der Waals surface area contributed by atoms with E-state index in [-0.39, 0.29) is 34.8 Å². The van der Waals surface area contributed by atoms with Gasteiger partial charge < -0.3 is 15.8 Å². The monoisotopic (exact) mass is 541 g/mol. The number of rotatable bonds is 10. The van der Waals surface area contributed by atoms with Crippen LogP contribution in [-0.4, -0.2) is 69.9 Å². The third-order valence-corrected chi connectivity index (χ3v) is 6.04. The number of tetrazole rings is 1. The van der Waals surface area contributed by atoms with Gasteiger partial charge in [0, 0.05) is 35.6 Å². The maximum absolute atomic E-state index is 13.3. The average molecular weight is 542 g/mol. The van der Waals surface area contributed by atoms with Crippen LogP contribution < -0.4 is 15.8 Å². The van der Waals surface area contributed by atoms with Gasteiger partial charge in [0.05, 0.1) is 18.4 Å². The molecule has 0 unspecified atom stereocenters. The zero-order chi connectivity index (χ0) is 26.6. The van der Waals surface area contributed by atoms with Gasteiger partial charge in [0.1, 0.15) is 23.6 Å². The van der Waals surface area contributed by atoms with Gasteiger partial charge >= 0.3 is 6.61 Å². The number of nitrogens with two attached hydrogens (primary N) is 1. The quantitative estimate of drug-likeness (QED) is 0.251. The molecule has 0 fully saturated rings. The lowest BCUT2D eigenvalue weighted by Gasteiger charge is -2.12. The van der Waals surface area contributed by atoms with E-state index in [2.05, 4.69) is 35.9 Å². The number of hydrogen-bond acceptors (Lipinski definition) is 10. The molecule has 0 spiro atoms. The van der Waals surface area contributed by atoms with Crippen LogP contribution in [0.5, 0.6) is 5.75 Å². The van der Waals surface area contributed by atoms with E-state index >= 15 is 0 Å². The molecule has 4 aromatic heterocycles. The van der Waals surface area contributed by atoms with Crippen LogP contribution in [0.2, 0.25) is 0 Å². The molecule has 0 radical (unpaired) electrons. The van der Waals surface area contributed by atoms with Crippen LogP contribution in [-0.2, 0) is 13.1 Å². The highest BCUT2D eigenvalue weighted by Gasteiger charge is 2.22. The minimum atomic E-state index is -3.05. The molecule has 0 bridgehead atoms. The number of hydrogen-bond donors (Lipinski definition) is 2. The highest BCUT2D eigenvalue weighted by molar-refractivity contribution is 7.98. The Balaban J connectivity index is 1.55. The second-order valence-corrected chi connectivity index (χ2v) is 8.70. The van der Waals surface area contributed by atoms with Crippen LogP contribution in [0.3, 0.4) is 0 Å². The molecule has 0 saturated heterocycles. The topological polar surface area (TPSA) is 156 Å². The number of halogens is 2. The summed E-state index contributed by atoms with van der Waals surface area (Å²) in [6.07, 6.45) is 8.00. The van der Waals surface area contributed by atoms with Crippen molar-refractivity contribution in [2.75, 3.05) is 18.1 Å². The molecule has 13 nitrogen and oxygen atoms in total. The summed E-state index contributed by atoms with van der Waals surface area (Å²) >= 11 is 1.42. The molecule has 38 heavy (non-hydrogen) atoms. The van der Waals surface area contributed by atoms with Crippen molar-refractivity contribution in [1.82, 2.24) is 44.6 Å². The molecule has 16 heteroatoms. The number of nitrogens with zero attached hydrogens (tertiary/aromatic N) is 9. The van der Waals surface area contributed by atoms with Gasteiger partial charge in [-0.25, -0.2) is 9.50 Å². The molecule has 0 aliphatic carbocycles. The highest BCUT2D eigenvalue weighted by Crippen LogP contribution is 2.37. The molecule has 0 aliphatic heterocycles. The second-order valence-electron chi connectivity index (χ2n) is 7.82. The third kappa shape index (κ3) is 5.30. The number of ether oxygens (including phenoxy) is 1. The number of anilines is 1. The molecule has 5 rings (SSSR count). The minimum Gasteiger partial charge on any atom is -0.434 e. The van der Waals surface area contributed by atoms with Crippen LogP contribution >= 0.6 is 11.8 Å². The zero-order valence-electron chi connectivity index (χ0n) is 19.9. The van der Waals surface area contributed by atoms with Gasteiger partial charge in [0.2, 0.25) is 0 Å². The molecule has 1 aromatic carbocycles. The lowest BCUT2D eigenvalue weighted by Crippen LogP contribution is -2.13. The van der Waals surface area contributed by atoms with Gasteiger partial charge in [0.25, 0.3) is 5.91 Å². The molecule has 5 aromatic rings. The first-order valence-corrected chi connectivity index (χ1v) is 12.4. The summed E-state index contributed by atoms with van der Waals surface area (Å²) < 4.78 is 34.2. The van der Waals surface area contributed by atoms with E-state index < -0.39 is 12.5 Å². The number of carbonyl (C=O) groups excluding carboxylic acids is 1. The Hall–Kier alpha value is -4.44. The summed E-state index contributed by atoms with van der Waals surface area (Å²) in [7, 11) is 0. The summed E-state index contributed by atoms with van der Waals surface area (Å²) in [6, 6.07) is 6.45. The molecular weight excluding hydrogens is 520 g/mol. The fraction of sp³-hybridized carbons (Fsp3) is 0.227. The first-order chi connectivity index (χ1) is 18.4. The lowest BCUT2D eigenvalue weighted by molar-refractivity contribution is -0.0494. The Labute approximate surface area is 218 Å². The van der Waals surface area contributed by atoms with Crippen LogP contribution in [0, 0.1) is 0 Å². The first-order valence-electron chi connectivity index (χ1n) is 11.2. The number of fused-ring (bicyclic) bond motifs is 1. The van der Waals surface area contributed by atoms with Crippen molar-refractivity contribution in [3.8, 4) is 17.0 Å². The molecule has 0 aliphatic rings. The van der Waals surface area contributed by atoms with Crippen LogP contribution in [0.1, 0.15) is 16.2 Å². The minimum absolute atomic E-state index is 0.0942. The van der Waals surface area contributed by atoms with Gasteiger partial charge in [-0.1, -0.05) is 0 Å². The standard InChI is InChI=1S/C22H21F2N11O2S/c1-38-13-3-4-17(37-22(23)24)14(9-13)19-16(11-33(31-19)12-18-29-32-35(30-18)8-5-25)28-21(36)15-10-27-34-7-2-6-26-20(15)34/h2-4,6-7,9-11,22H,5,8,12,25H2,1H3,(H,28,36). The lowest BCUT2D eigenvalue weighted by atomic mass is 10.1. The molecular formula is C22H21F2N11O2S. The molecule has 3 N–H and O–H groups in total. The Kier molecular flexibility index (Phi) is 7.23. The largest absolute Gasteiger partial charge is 0.434 e. The molecule has 0 atom stereocenters. The van der Waals surface area contributed by atoms with Crippen molar-refractivity contribution in [2.45, 2.75) is 24.6 Å². The second kappa shape index (κ2) is 10.9. The van der Waals surface area contributed by atoms with E-state index in [9.17, 15) is 13.6 Å². The van der Waals surface area contributed by atoms with E-state index in [1.807, 2.05) is 6.26 Å². The number of alkyl halides is 2. The summed E-state index contributed by atoms with van der Waals surface area (Å²) in [6.45, 7) is -2.23. The molecule has 4 heterocycles. The van der Waals surface area contributed by atoms with E-state index in [0.29, 0.717) is 24.6 Å². The van der Waals surface area contributed by atoms with Crippen LogP contribution in [0.25, 0.3) is 16.9 Å². The predicted octanol–water partition coefficient (Wildman–Crippen LogP) is 2.16. The number of carbonyl (C=O) groups is 1. The van der Waals surface area contributed by atoms with Crippen molar-refractivity contribution < 1.29 is 18.3 Å². The Bertz CT molecular complexity index is 1580. The summed E-state index contributed by atoms with van der Waals surface area (Å²) in [5.74, 6) is -0.258. The molecule has 1 amide bonds. The first kappa shape index (κ1) is 25.2.